The lowest BCUT2D eigenvalue weighted by Gasteiger charge is -2.07. The number of rotatable bonds is 3. The van der Waals surface area contributed by atoms with Gasteiger partial charge in [-0.25, -0.2) is 9.07 Å². The maximum atomic E-state index is 13.8. The van der Waals surface area contributed by atoms with Gasteiger partial charge in [-0.3, -0.25) is 0 Å². The summed E-state index contributed by atoms with van der Waals surface area (Å²) in [6, 6.07) is 14.2. The minimum atomic E-state index is -0.257. The predicted molar refractivity (Wildman–Crippen MR) is 75.5 cm³/mol. The molecule has 3 nitrogen and oxygen atoms in total. The summed E-state index contributed by atoms with van der Waals surface area (Å²) in [5.41, 5.74) is 2.08. The first-order chi connectivity index (χ1) is 9.79. The summed E-state index contributed by atoms with van der Waals surface area (Å²) in [5.74, 6) is 0.461. The molecule has 0 saturated carbocycles. The number of methoxy groups -OCH3 is 1. The van der Waals surface area contributed by atoms with E-state index in [9.17, 15) is 4.39 Å². The van der Waals surface area contributed by atoms with E-state index < -0.39 is 0 Å². The highest BCUT2D eigenvalue weighted by atomic mass is 19.1. The summed E-state index contributed by atoms with van der Waals surface area (Å²) in [5, 5.41) is 4.28. The minimum Gasteiger partial charge on any atom is -0.494 e. The van der Waals surface area contributed by atoms with Crippen LogP contribution in [0.5, 0.6) is 5.75 Å². The van der Waals surface area contributed by atoms with E-state index in [-0.39, 0.29) is 5.82 Å². The molecule has 0 saturated heterocycles. The van der Waals surface area contributed by atoms with Gasteiger partial charge in [-0.1, -0.05) is 30.3 Å². The van der Waals surface area contributed by atoms with Crippen molar-refractivity contribution in [3.63, 3.8) is 0 Å². The minimum absolute atomic E-state index is 0.257. The number of hydrogen-bond donors (Lipinski definition) is 0. The number of ether oxygens (including phenoxy) is 1. The highest BCUT2D eigenvalue weighted by Crippen LogP contribution is 2.26. The Balaban J connectivity index is 2.05. The van der Waals surface area contributed by atoms with Crippen molar-refractivity contribution in [2.45, 2.75) is 0 Å². The lowest BCUT2D eigenvalue weighted by atomic mass is 10.1. The fourth-order valence-electron chi connectivity index (χ4n) is 2.11. The molecule has 0 aliphatic heterocycles. The van der Waals surface area contributed by atoms with Crippen molar-refractivity contribution in [2.75, 3.05) is 7.11 Å². The van der Waals surface area contributed by atoms with Crippen LogP contribution in [0.1, 0.15) is 0 Å². The van der Waals surface area contributed by atoms with E-state index in [2.05, 4.69) is 5.10 Å². The van der Waals surface area contributed by atoms with Gasteiger partial charge in [0, 0.05) is 17.3 Å². The smallest absolute Gasteiger partial charge is 0.144 e. The number of hydrogen-bond acceptors (Lipinski definition) is 2. The first-order valence-corrected chi connectivity index (χ1v) is 6.22. The Labute approximate surface area is 116 Å². The van der Waals surface area contributed by atoms with Crippen LogP contribution in [-0.2, 0) is 0 Å². The molecule has 0 atom stereocenters. The normalized spacial score (nSPS) is 10.5. The van der Waals surface area contributed by atoms with Crippen molar-refractivity contribution in [1.29, 1.82) is 0 Å². The van der Waals surface area contributed by atoms with E-state index in [0.717, 1.165) is 17.0 Å². The van der Waals surface area contributed by atoms with Gasteiger partial charge in [0.15, 0.2) is 0 Å². The average molecular weight is 268 g/mol. The molecule has 20 heavy (non-hydrogen) atoms. The molecule has 0 bridgehead atoms. The number of aromatic nitrogens is 2. The molecule has 0 spiro atoms. The molecule has 3 rings (SSSR count). The predicted octanol–water partition coefficient (Wildman–Crippen LogP) is 3.69. The van der Waals surface area contributed by atoms with Gasteiger partial charge in [-0.15, -0.1) is 0 Å². The van der Waals surface area contributed by atoms with Crippen LogP contribution in [0.4, 0.5) is 4.39 Å². The summed E-state index contributed by atoms with van der Waals surface area (Å²) in [6.45, 7) is 0. The molecule has 1 aromatic heterocycles. The van der Waals surface area contributed by atoms with Crippen LogP contribution in [0.3, 0.4) is 0 Å². The zero-order valence-electron chi connectivity index (χ0n) is 11.0. The van der Waals surface area contributed by atoms with E-state index in [1.807, 2.05) is 24.3 Å². The van der Waals surface area contributed by atoms with Crippen LogP contribution in [-0.4, -0.2) is 16.9 Å². The Bertz CT molecular complexity index is 737. The maximum Gasteiger partial charge on any atom is 0.144 e. The van der Waals surface area contributed by atoms with Crippen LogP contribution < -0.4 is 4.74 Å². The molecule has 0 N–H and O–H groups in total. The maximum absolute atomic E-state index is 13.8. The lowest BCUT2D eigenvalue weighted by Crippen LogP contribution is -1.97. The van der Waals surface area contributed by atoms with Crippen molar-refractivity contribution in [3.05, 3.63) is 66.7 Å². The standard InChI is InChI=1S/C16H13FN2O/c1-20-16-9-5-4-8-15(16)19-11-12(10-18-19)13-6-2-3-7-14(13)17/h2-11H,1H3. The summed E-state index contributed by atoms with van der Waals surface area (Å²) < 4.78 is 20.8. The summed E-state index contributed by atoms with van der Waals surface area (Å²) in [6.07, 6.45) is 3.43. The summed E-state index contributed by atoms with van der Waals surface area (Å²) in [4.78, 5) is 0. The van der Waals surface area contributed by atoms with Gasteiger partial charge >= 0.3 is 0 Å². The third-order valence-electron chi connectivity index (χ3n) is 3.10. The molecular formula is C16H13FN2O. The number of benzene rings is 2. The quantitative estimate of drug-likeness (QED) is 0.724. The second-order valence-corrected chi connectivity index (χ2v) is 4.33. The van der Waals surface area contributed by atoms with Crippen molar-refractivity contribution in [1.82, 2.24) is 9.78 Å². The Hall–Kier alpha value is -2.62. The van der Waals surface area contributed by atoms with Gasteiger partial charge in [0.05, 0.1) is 13.3 Å². The third-order valence-corrected chi connectivity index (χ3v) is 3.10. The number of halogens is 1. The molecule has 0 aliphatic carbocycles. The zero-order valence-corrected chi connectivity index (χ0v) is 11.0. The molecule has 0 aliphatic rings. The van der Waals surface area contributed by atoms with E-state index in [4.69, 9.17) is 4.74 Å². The molecular weight excluding hydrogens is 255 g/mol. The van der Waals surface area contributed by atoms with Crippen LogP contribution in [0.2, 0.25) is 0 Å². The van der Waals surface area contributed by atoms with E-state index in [1.165, 1.54) is 6.07 Å². The average Bonchev–Trinajstić information content (AvgIpc) is 2.97. The van der Waals surface area contributed by atoms with E-state index in [1.54, 1.807) is 42.4 Å². The number of para-hydroxylation sites is 2. The lowest BCUT2D eigenvalue weighted by molar-refractivity contribution is 0.411. The van der Waals surface area contributed by atoms with Crippen LogP contribution in [0.25, 0.3) is 16.8 Å². The molecule has 0 amide bonds. The van der Waals surface area contributed by atoms with E-state index in [0.29, 0.717) is 5.56 Å². The van der Waals surface area contributed by atoms with Crippen LogP contribution in [0, 0.1) is 5.82 Å². The summed E-state index contributed by atoms with van der Waals surface area (Å²) in [7, 11) is 1.61. The van der Waals surface area contributed by atoms with Gasteiger partial charge in [-0.05, 0) is 18.2 Å². The molecule has 100 valence electrons. The second kappa shape index (κ2) is 5.17. The summed E-state index contributed by atoms with van der Waals surface area (Å²) >= 11 is 0. The Morgan fingerprint density at radius 1 is 1.05 bits per heavy atom. The second-order valence-electron chi connectivity index (χ2n) is 4.33. The zero-order chi connectivity index (χ0) is 13.9. The third kappa shape index (κ3) is 2.16. The first-order valence-electron chi connectivity index (χ1n) is 6.22. The first kappa shape index (κ1) is 12.4. The molecule has 2 aromatic carbocycles. The topological polar surface area (TPSA) is 27.1 Å². The van der Waals surface area contributed by atoms with E-state index >= 15 is 0 Å². The number of nitrogens with zero attached hydrogens (tertiary/aromatic N) is 2. The van der Waals surface area contributed by atoms with Crippen molar-refractivity contribution < 1.29 is 9.13 Å². The molecule has 0 unspecified atom stereocenters. The Morgan fingerprint density at radius 2 is 1.80 bits per heavy atom. The SMILES string of the molecule is COc1ccccc1-n1cc(-c2ccccc2F)cn1. The van der Waals surface area contributed by atoms with Gasteiger partial charge < -0.3 is 4.74 Å². The largest absolute Gasteiger partial charge is 0.494 e. The molecule has 1 heterocycles. The van der Waals surface area contributed by atoms with Crippen LogP contribution >= 0.6 is 0 Å². The fraction of sp³-hybridized carbons (Fsp3) is 0.0625. The highest BCUT2D eigenvalue weighted by molar-refractivity contribution is 5.63. The van der Waals surface area contributed by atoms with Crippen molar-refractivity contribution >= 4 is 0 Å². The van der Waals surface area contributed by atoms with Gasteiger partial charge in [0.2, 0.25) is 0 Å². The molecule has 3 aromatic rings. The van der Waals surface area contributed by atoms with Gasteiger partial charge in [0.1, 0.15) is 17.3 Å². The monoisotopic (exact) mass is 268 g/mol. The van der Waals surface area contributed by atoms with Crippen molar-refractivity contribution in [2.24, 2.45) is 0 Å². The molecule has 4 heteroatoms. The molecule has 0 fully saturated rings. The highest BCUT2D eigenvalue weighted by Gasteiger charge is 2.09. The Kier molecular flexibility index (Phi) is 3.21. The van der Waals surface area contributed by atoms with Crippen molar-refractivity contribution in [3.8, 4) is 22.6 Å². The molecule has 0 radical (unpaired) electrons. The van der Waals surface area contributed by atoms with Gasteiger partial charge in [-0.2, -0.15) is 5.10 Å². The fourth-order valence-corrected chi connectivity index (χ4v) is 2.11. The van der Waals surface area contributed by atoms with Gasteiger partial charge in [0.25, 0.3) is 0 Å². The van der Waals surface area contributed by atoms with Crippen LogP contribution in [0.15, 0.2) is 60.9 Å². The Morgan fingerprint density at radius 3 is 2.60 bits per heavy atom.